The lowest BCUT2D eigenvalue weighted by Crippen LogP contribution is -2.19. The van der Waals surface area contributed by atoms with E-state index in [2.05, 4.69) is 52.8 Å². The first kappa shape index (κ1) is 33.1. The zero-order chi connectivity index (χ0) is 26.5. The number of rotatable bonds is 15. The van der Waals surface area contributed by atoms with Crippen molar-refractivity contribution in [3.05, 3.63) is 58.7 Å². The van der Waals surface area contributed by atoms with Crippen LogP contribution in [0.4, 0.5) is 0 Å². The Morgan fingerprint density at radius 3 is 2.09 bits per heavy atom. The summed E-state index contributed by atoms with van der Waals surface area (Å²) in [5, 5.41) is 17.2. The molecule has 200 valence electrons. The highest BCUT2D eigenvalue weighted by atomic mass is 16.4. The number of aliphatic carboxylic acids is 1. The van der Waals surface area contributed by atoms with Gasteiger partial charge in [-0.15, -0.1) is 0 Å². The van der Waals surface area contributed by atoms with Gasteiger partial charge in [-0.2, -0.15) is 0 Å². The Labute approximate surface area is 216 Å². The van der Waals surface area contributed by atoms with Gasteiger partial charge in [-0.25, -0.2) is 0 Å². The Morgan fingerprint density at radius 2 is 1.54 bits per heavy atom. The van der Waals surface area contributed by atoms with E-state index in [-0.39, 0.29) is 6.61 Å². The number of carbonyl (C=O) groups is 1. The van der Waals surface area contributed by atoms with Crippen molar-refractivity contribution in [2.24, 2.45) is 5.41 Å². The quantitative estimate of drug-likeness (QED) is 0.179. The Morgan fingerprint density at radius 1 is 0.943 bits per heavy atom. The molecule has 2 N–H and O–H groups in total. The van der Waals surface area contributed by atoms with Crippen LogP contribution in [0, 0.1) is 5.41 Å². The fraction of sp³-hybridized carbons (Fsp3) is 0.656. The number of carboxylic acid groups (broad SMARTS) is 1. The molecule has 0 spiro atoms. The summed E-state index contributed by atoms with van der Waals surface area (Å²) < 4.78 is 0. The molecule has 3 heteroatoms. The second kappa shape index (κ2) is 20.3. The van der Waals surface area contributed by atoms with Crippen LogP contribution in [0.5, 0.6) is 0 Å². The molecule has 0 amide bonds. The van der Waals surface area contributed by atoms with E-state index in [9.17, 15) is 4.79 Å². The van der Waals surface area contributed by atoms with E-state index in [4.69, 9.17) is 10.2 Å². The monoisotopic (exact) mass is 486 g/mol. The molecule has 0 aromatic carbocycles. The fourth-order valence-electron chi connectivity index (χ4n) is 4.43. The second-order valence-corrected chi connectivity index (χ2v) is 10.6. The maximum absolute atomic E-state index is 10.2. The summed E-state index contributed by atoms with van der Waals surface area (Å²) >= 11 is 0. The maximum atomic E-state index is 10.2. The van der Waals surface area contributed by atoms with Gasteiger partial charge < -0.3 is 10.2 Å². The number of hydrogen-bond donors (Lipinski definition) is 2. The fourth-order valence-corrected chi connectivity index (χ4v) is 4.43. The first-order chi connectivity index (χ1) is 16.6. The molecule has 1 rings (SSSR count). The molecule has 0 aliphatic heterocycles. The van der Waals surface area contributed by atoms with Crippen LogP contribution in [0.15, 0.2) is 58.7 Å². The molecule has 0 bridgehead atoms. The third kappa shape index (κ3) is 18.1. The lowest BCUT2D eigenvalue weighted by molar-refractivity contribution is -0.137. The van der Waals surface area contributed by atoms with E-state index >= 15 is 0 Å². The van der Waals surface area contributed by atoms with E-state index in [1.165, 1.54) is 80.9 Å². The average molecular weight is 487 g/mol. The number of allylic oxidation sites excluding steroid dienone is 9. The van der Waals surface area contributed by atoms with Crippen molar-refractivity contribution in [2.45, 2.75) is 125 Å². The number of carboxylic acids is 1. The number of aliphatic hydroxyl groups excluding tert-OH is 1. The van der Waals surface area contributed by atoms with Crippen LogP contribution in [-0.4, -0.2) is 22.8 Å². The molecule has 0 radical (unpaired) electrons. The molecule has 0 saturated heterocycles. The van der Waals surface area contributed by atoms with Crippen LogP contribution in [0.3, 0.4) is 0 Å². The van der Waals surface area contributed by atoms with Crippen LogP contribution < -0.4 is 0 Å². The summed E-state index contributed by atoms with van der Waals surface area (Å²) in [6.07, 6.45) is 27.8. The first-order valence-corrected chi connectivity index (χ1v) is 13.9. The summed E-state index contributed by atoms with van der Waals surface area (Å²) in [7, 11) is 0. The van der Waals surface area contributed by atoms with Crippen molar-refractivity contribution in [1.82, 2.24) is 0 Å². The predicted octanol–water partition coefficient (Wildman–Crippen LogP) is 9.50. The zero-order valence-electron chi connectivity index (χ0n) is 23.7. The van der Waals surface area contributed by atoms with Crippen LogP contribution in [0.2, 0.25) is 0 Å². The van der Waals surface area contributed by atoms with Crippen LogP contribution in [0.25, 0.3) is 0 Å². The zero-order valence-corrected chi connectivity index (χ0v) is 23.7. The molecule has 3 nitrogen and oxygen atoms in total. The minimum atomic E-state index is -0.659. The van der Waals surface area contributed by atoms with Crippen molar-refractivity contribution in [2.75, 3.05) is 6.61 Å². The van der Waals surface area contributed by atoms with Gasteiger partial charge in [0, 0.05) is 6.42 Å². The lowest BCUT2D eigenvalue weighted by Gasteiger charge is -2.32. The van der Waals surface area contributed by atoms with E-state index in [1.807, 2.05) is 19.1 Å². The first-order valence-electron chi connectivity index (χ1n) is 13.9. The Kier molecular flexibility index (Phi) is 19.2. The van der Waals surface area contributed by atoms with Gasteiger partial charge in [-0.1, -0.05) is 125 Å². The highest BCUT2D eigenvalue weighted by molar-refractivity contribution is 5.66. The van der Waals surface area contributed by atoms with Gasteiger partial charge in [0.2, 0.25) is 0 Å². The van der Waals surface area contributed by atoms with Crippen molar-refractivity contribution in [3.63, 3.8) is 0 Å². The van der Waals surface area contributed by atoms with Crippen LogP contribution >= 0.6 is 0 Å². The van der Waals surface area contributed by atoms with Gasteiger partial charge >= 0.3 is 5.97 Å². The molecule has 0 saturated carbocycles. The molecular formula is C32H54O3. The van der Waals surface area contributed by atoms with E-state index in [0.717, 1.165) is 18.4 Å². The second-order valence-electron chi connectivity index (χ2n) is 10.6. The molecule has 1 aliphatic carbocycles. The van der Waals surface area contributed by atoms with Crippen molar-refractivity contribution in [3.8, 4) is 0 Å². The van der Waals surface area contributed by atoms with Gasteiger partial charge in [-0.3, -0.25) is 4.79 Å². The largest absolute Gasteiger partial charge is 0.481 e. The molecule has 0 unspecified atom stereocenters. The summed E-state index contributed by atoms with van der Waals surface area (Å²) in [6, 6.07) is 0. The molecule has 0 aromatic rings. The third-order valence-electron chi connectivity index (χ3n) is 6.68. The van der Waals surface area contributed by atoms with E-state index in [0.29, 0.717) is 11.8 Å². The van der Waals surface area contributed by atoms with Gasteiger partial charge in [0.15, 0.2) is 0 Å². The smallest absolute Gasteiger partial charge is 0.303 e. The molecule has 0 aromatic heterocycles. The van der Waals surface area contributed by atoms with Crippen molar-refractivity contribution >= 4 is 5.97 Å². The molecule has 0 fully saturated rings. The van der Waals surface area contributed by atoms with Crippen molar-refractivity contribution < 1.29 is 15.0 Å². The predicted molar refractivity (Wildman–Crippen MR) is 153 cm³/mol. The highest BCUT2D eigenvalue weighted by Crippen LogP contribution is 2.40. The van der Waals surface area contributed by atoms with E-state index in [1.54, 1.807) is 6.08 Å². The molecular weight excluding hydrogens is 432 g/mol. The average Bonchev–Trinajstić information content (AvgIpc) is 2.77. The minimum absolute atomic E-state index is 0.0985. The molecule has 0 heterocycles. The van der Waals surface area contributed by atoms with Gasteiger partial charge in [-0.05, 0) is 57.4 Å². The van der Waals surface area contributed by atoms with Gasteiger partial charge in [0.25, 0.3) is 0 Å². The normalized spacial score (nSPS) is 16.7. The summed E-state index contributed by atoms with van der Waals surface area (Å²) in [5.74, 6) is -0.659. The summed E-state index contributed by atoms with van der Waals surface area (Å²) in [5.41, 5.74) is 5.66. The molecule has 35 heavy (non-hydrogen) atoms. The Balaban J connectivity index is 0.000000720. The SMILES string of the molecule is CC1=C(/C=C/C(C)=C/C=C/C(C)=C/CO)C(C)(C)CCC1.CCCCCCCCCCCC(=O)O. The maximum Gasteiger partial charge on any atom is 0.303 e. The van der Waals surface area contributed by atoms with Crippen molar-refractivity contribution in [1.29, 1.82) is 0 Å². The number of aliphatic hydroxyl groups is 1. The Bertz CT molecular complexity index is 732. The lowest BCUT2D eigenvalue weighted by atomic mass is 9.72. The summed E-state index contributed by atoms with van der Waals surface area (Å²) in [4.78, 5) is 10.2. The highest BCUT2D eigenvalue weighted by Gasteiger charge is 2.26. The van der Waals surface area contributed by atoms with Gasteiger partial charge in [0.05, 0.1) is 6.61 Å². The third-order valence-corrected chi connectivity index (χ3v) is 6.68. The van der Waals surface area contributed by atoms with Crippen LogP contribution in [-0.2, 0) is 4.79 Å². The number of unbranched alkanes of at least 4 members (excludes halogenated alkanes) is 8. The van der Waals surface area contributed by atoms with E-state index < -0.39 is 5.97 Å². The molecule has 0 atom stereocenters. The van der Waals surface area contributed by atoms with Crippen LogP contribution in [0.1, 0.15) is 125 Å². The molecule has 1 aliphatic rings. The Hall–Kier alpha value is -1.87. The standard InChI is InChI=1S/C20H30O.C12H24O2/c1-16(8-6-9-17(2)13-15-21)11-12-19-18(3)10-7-14-20(19,4)5;1-2-3-4-5-6-7-8-9-10-11-12(13)14/h6,8-9,11-13,21H,7,10,14-15H2,1-5H3;2-11H2,1H3,(H,13,14)/b9-6+,12-11+,16-8+,17-13+;. The topological polar surface area (TPSA) is 57.5 Å². The van der Waals surface area contributed by atoms with Gasteiger partial charge in [0.1, 0.15) is 0 Å². The summed E-state index contributed by atoms with van der Waals surface area (Å²) in [6.45, 7) is 13.4. The minimum Gasteiger partial charge on any atom is -0.481 e. The number of hydrogen-bond acceptors (Lipinski definition) is 2.